The van der Waals surface area contributed by atoms with Crippen molar-refractivity contribution >= 4 is 42.2 Å². The number of anilines is 1. The van der Waals surface area contributed by atoms with Crippen LogP contribution in [0, 0.1) is 5.82 Å². The first-order valence-electron chi connectivity index (χ1n) is 9.12. The first-order valence-corrected chi connectivity index (χ1v) is 9.94. The molecule has 1 aliphatic heterocycles. The monoisotopic (exact) mass is 383 g/mol. The van der Waals surface area contributed by atoms with Crippen LogP contribution in [0.25, 0.3) is 0 Å². The van der Waals surface area contributed by atoms with Crippen LogP contribution in [0.15, 0.2) is 12.1 Å². The molecule has 7 heteroatoms. The second-order valence-corrected chi connectivity index (χ2v) is 8.10. The number of thiophene rings is 1. The van der Waals surface area contributed by atoms with Crippen molar-refractivity contribution < 1.29 is 18.7 Å². The predicted octanol–water partition coefficient (Wildman–Crippen LogP) is 2.83. The van der Waals surface area contributed by atoms with Crippen molar-refractivity contribution in [2.75, 3.05) is 11.4 Å². The van der Waals surface area contributed by atoms with Gasteiger partial charge in [-0.1, -0.05) is 5.46 Å². The SMILES string of the molecule is [B]c1cc(F)cc(N2CCc3c(sc4c3CCCC4)C2=O)c1COC(C)=O. The third-order valence-corrected chi connectivity index (χ3v) is 6.56. The Bertz CT molecular complexity index is 940. The van der Waals surface area contributed by atoms with Gasteiger partial charge in [0.1, 0.15) is 20.3 Å². The number of halogens is 1. The molecule has 0 spiro atoms. The van der Waals surface area contributed by atoms with Gasteiger partial charge in [0.15, 0.2) is 0 Å². The number of carbonyl (C=O) groups excluding carboxylic acids is 2. The second kappa shape index (κ2) is 7.11. The van der Waals surface area contributed by atoms with Crippen LogP contribution in [-0.2, 0) is 35.4 Å². The van der Waals surface area contributed by atoms with E-state index in [9.17, 15) is 14.0 Å². The highest BCUT2D eigenvalue weighted by Crippen LogP contribution is 2.39. The summed E-state index contributed by atoms with van der Waals surface area (Å²) >= 11 is 1.58. The number of ether oxygens (including phenoxy) is 1. The first-order chi connectivity index (χ1) is 13.0. The Kier molecular flexibility index (Phi) is 4.80. The molecule has 2 aromatic rings. The Morgan fingerprint density at radius 1 is 1.26 bits per heavy atom. The van der Waals surface area contributed by atoms with Gasteiger partial charge in [-0.2, -0.15) is 0 Å². The van der Waals surface area contributed by atoms with Gasteiger partial charge in [0.25, 0.3) is 5.91 Å². The zero-order chi connectivity index (χ0) is 19.1. The minimum Gasteiger partial charge on any atom is -0.461 e. The molecule has 1 aromatic heterocycles. The van der Waals surface area contributed by atoms with Crippen molar-refractivity contribution in [1.82, 2.24) is 0 Å². The van der Waals surface area contributed by atoms with Crippen molar-refractivity contribution in [3.8, 4) is 0 Å². The van der Waals surface area contributed by atoms with Crippen LogP contribution in [0.4, 0.5) is 10.1 Å². The molecule has 27 heavy (non-hydrogen) atoms. The molecule has 0 bridgehead atoms. The van der Waals surface area contributed by atoms with E-state index in [0.29, 0.717) is 17.8 Å². The normalized spacial score (nSPS) is 16.1. The van der Waals surface area contributed by atoms with Gasteiger partial charge in [-0.25, -0.2) is 4.39 Å². The zero-order valence-electron chi connectivity index (χ0n) is 15.1. The summed E-state index contributed by atoms with van der Waals surface area (Å²) in [7, 11) is 5.97. The van der Waals surface area contributed by atoms with E-state index in [1.165, 1.54) is 41.5 Å². The summed E-state index contributed by atoms with van der Waals surface area (Å²) in [5, 5.41) is 0. The molecular weight excluding hydrogens is 364 g/mol. The van der Waals surface area contributed by atoms with E-state index in [4.69, 9.17) is 12.6 Å². The molecule has 2 radical (unpaired) electrons. The molecule has 1 amide bonds. The Morgan fingerprint density at radius 3 is 2.81 bits per heavy atom. The Balaban J connectivity index is 1.73. The molecule has 0 N–H and O–H groups in total. The lowest BCUT2D eigenvalue weighted by molar-refractivity contribution is -0.142. The zero-order valence-corrected chi connectivity index (χ0v) is 16.0. The first kappa shape index (κ1) is 18.2. The summed E-state index contributed by atoms with van der Waals surface area (Å²) < 4.78 is 19.1. The smallest absolute Gasteiger partial charge is 0.302 e. The average Bonchev–Trinajstić information content (AvgIpc) is 3.00. The molecule has 0 fully saturated rings. The van der Waals surface area contributed by atoms with Gasteiger partial charge in [-0.05, 0) is 55.4 Å². The van der Waals surface area contributed by atoms with E-state index in [0.717, 1.165) is 30.6 Å². The highest BCUT2D eigenvalue weighted by Gasteiger charge is 2.33. The average molecular weight is 383 g/mol. The maximum absolute atomic E-state index is 14.0. The summed E-state index contributed by atoms with van der Waals surface area (Å²) in [5.41, 5.74) is 3.55. The molecule has 2 heterocycles. The summed E-state index contributed by atoms with van der Waals surface area (Å²) in [6, 6.07) is 2.48. The van der Waals surface area contributed by atoms with Crippen LogP contribution < -0.4 is 10.4 Å². The standard InChI is InChI=1S/C20H19BFNO3S/c1-11(24)26-10-15-16(21)8-12(22)9-17(15)23-7-6-14-13-4-2-3-5-18(13)27-19(14)20(23)25/h8-9H,2-7,10H2,1H3. The van der Waals surface area contributed by atoms with Gasteiger partial charge < -0.3 is 9.64 Å². The van der Waals surface area contributed by atoms with Crippen LogP contribution in [-0.4, -0.2) is 26.3 Å². The Labute approximate surface area is 162 Å². The fourth-order valence-electron chi connectivity index (χ4n) is 3.96. The molecule has 1 aromatic carbocycles. The molecule has 4 nitrogen and oxygen atoms in total. The van der Waals surface area contributed by atoms with Gasteiger partial charge in [-0.3, -0.25) is 9.59 Å². The van der Waals surface area contributed by atoms with E-state index in [2.05, 4.69) is 0 Å². The van der Waals surface area contributed by atoms with Crippen LogP contribution in [0.2, 0.25) is 0 Å². The van der Waals surface area contributed by atoms with Crippen LogP contribution >= 0.6 is 11.3 Å². The maximum Gasteiger partial charge on any atom is 0.302 e. The summed E-state index contributed by atoms with van der Waals surface area (Å²) in [6.07, 6.45) is 5.15. The summed E-state index contributed by atoms with van der Waals surface area (Å²) in [4.78, 5) is 28.1. The molecule has 2 aliphatic rings. The number of fused-ring (bicyclic) bond motifs is 3. The second-order valence-electron chi connectivity index (χ2n) is 7.00. The largest absolute Gasteiger partial charge is 0.461 e. The molecule has 0 unspecified atom stereocenters. The third kappa shape index (κ3) is 3.29. The van der Waals surface area contributed by atoms with Crippen molar-refractivity contribution in [3.63, 3.8) is 0 Å². The van der Waals surface area contributed by atoms with E-state index in [-0.39, 0.29) is 18.0 Å². The Morgan fingerprint density at radius 2 is 2.04 bits per heavy atom. The number of hydrogen-bond donors (Lipinski definition) is 0. The molecule has 0 saturated heterocycles. The van der Waals surface area contributed by atoms with E-state index < -0.39 is 11.8 Å². The van der Waals surface area contributed by atoms with Crippen molar-refractivity contribution in [2.45, 2.75) is 45.6 Å². The van der Waals surface area contributed by atoms with Gasteiger partial charge in [0, 0.05) is 23.9 Å². The summed E-state index contributed by atoms with van der Waals surface area (Å²) in [5.74, 6) is -1.09. The lowest BCUT2D eigenvalue weighted by atomic mass is 9.88. The van der Waals surface area contributed by atoms with Gasteiger partial charge in [0.05, 0.1) is 10.6 Å². The van der Waals surface area contributed by atoms with E-state index >= 15 is 0 Å². The molecule has 0 saturated carbocycles. The van der Waals surface area contributed by atoms with E-state index in [1.54, 1.807) is 16.2 Å². The number of aryl methyl sites for hydroxylation is 1. The van der Waals surface area contributed by atoms with Gasteiger partial charge in [-0.15, -0.1) is 11.3 Å². The number of esters is 1. The third-order valence-electron chi connectivity index (χ3n) is 5.24. The quantitative estimate of drug-likeness (QED) is 0.605. The van der Waals surface area contributed by atoms with Gasteiger partial charge >= 0.3 is 5.97 Å². The number of hydrogen-bond acceptors (Lipinski definition) is 4. The lowest BCUT2D eigenvalue weighted by Crippen LogP contribution is -2.38. The molecule has 1 aliphatic carbocycles. The lowest BCUT2D eigenvalue weighted by Gasteiger charge is -2.30. The number of rotatable bonds is 3. The topological polar surface area (TPSA) is 46.6 Å². The van der Waals surface area contributed by atoms with Crippen LogP contribution in [0.5, 0.6) is 0 Å². The predicted molar refractivity (Wildman–Crippen MR) is 104 cm³/mol. The van der Waals surface area contributed by atoms with E-state index in [1.807, 2.05) is 0 Å². The van der Waals surface area contributed by atoms with Crippen molar-refractivity contribution in [2.24, 2.45) is 0 Å². The highest BCUT2D eigenvalue weighted by atomic mass is 32.1. The van der Waals surface area contributed by atoms with Crippen LogP contribution in [0.3, 0.4) is 0 Å². The molecule has 138 valence electrons. The fraction of sp³-hybridized carbons (Fsp3) is 0.400. The van der Waals surface area contributed by atoms with Gasteiger partial charge in [0.2, 0.25) is 0 Å². The molecular formula is C20H19BFNO3S. The summed E-state index contributed by atoms with van der Waals surface area (Å²) in [6.45, 7) is 1.67. The molecule has 4 rings (SSSR count). The number of amides is 1. The number of nitrogens with zero attached hydrogens (tertiary/aromatic N) is 1. The minimum atomic E-state index is -0.516. The maximum atomic E-state index is 14.0. The van der Waals surface area contributed by atoms with Crippen LogP contribution in [0.1, 0.15) is 51.0 Å². The van der Waals surface area contributed by atoms with Crippen molar-refractivity contribution in [3.05, 3.63) is 44.4 Å². The number of carbonyl (C=O) groups is 2. The molecule has 0 atom stereocenters. The Hall–Kier alpha value is -2.15. The van der Waals surface area contributed by atoms with Crippen molar-refractivity contribution in [1.29, 1.82) is 0 Å². The fourth-order valence-corrected chi connectivity index (χ4v) is 5.35. The highest BCUT2D eigenvalue weighted by molar-refractivity contribution is 7.14. The minimum absolute atomic E-state index is 0.0889. The number of benzene rings is 1.